The zero-order valence-electron chi connectivity index (χ0n) is 10.9. The van der Waals surface area contributed by atoms with Crippen LogP contribution in [0.3, 0.4) is 0 Å². The van der Waals surface area contributed by atoms with Crippen LogP contribution in [0.1, 0.15) is 29.6 Å². The number of allylic oxidation sites excluding steroid dienone is 1. The molecule has 0 radical (unpaired) electrons. The molecule has 1 aliphatic carbocycles. The summed E-state index contributed by atoms with van der Waals surface area (Å²) in [5.74, 6) is 0.820. The molecule has 1 aromatic rings. The van der Waals surface area contributed by atoms with Crippen molar-refractivity contribution in [3.8, 4) is 0 Å². The topological polar surface area (TPSA) is 45.2 Å². The highest BCUT2D eigenvalue weighted by molar-refractivity contribution is 5.93. The van der Waals surface area contributed by atoms with Gasteiger partial charge in [0.15, 0.2) is 0 Å². The summed E-state index contributed by atoms with van der Waals surface area (Å²) in [6.45, 7) is 0. The molecule has 18 heavy (non-hydrogen) atoms. The molecule has 0 aromatic carbocycles. The molecule has 96 valence electrons. The van der Waals surface area contributed by atoms with Gasteiger partial charge in [-0.05, 0) is 31.4 Å². The summed E-state index contributed by atoms with van der Waals surface area (Å²) in [6.07, 6.45) is 9.34. The third-order valence-corrected chi connectivity index (χ3v) is 3.04. The second-order valence-electron chi connectivity index (χ2n) is 4.76. The third kappa shape index (κ3) is 3.09. The van der Waals surface area contributed by atoms with E-state index in [1.54, 1.807) is 25.2 Å². The summed E-state index contributed by atoms with van der Waals surface area (Å²) < 4.78 is 0. The van der Waals surface area contributed by atoms with Crippen LogP contribution in [0.4, 0.5) is 5.82 Å². The van der Waals surface area contributed by atoms with Crippen molar-refractivity contribution in [2.24, 2.45) is 0 Å². The molecule has 1 heterocycles. The van der Waals surface area contributed by atoms with Gasteiger partial charge < -0.3 is 10.2 Å². The Labute approximate surface area is 108 Å². The van der Waals surface area contributed by atoms with Crippen LogP contribution >= 0.6 is 0 Å². The molecule has 0 saturated carbocycles. The molecule has 1 amide bonds. The maximum atomic E-state index is 11.7. The number of hydrogen-bond donors (Lipinski definition) is 1. The summed E-state index contributed by atoms with van der Waals surface area (Å²) in [5.41, 5.74) is 0.620. The molecule has 1 atom stereocenters. The largest absolute Gasteiger partial charge is 0.367 e. The highest BCUT2D eigenvalue weighted by atomic mass is 16.2. The SMILES string of the molecule is CN(C)C(=O)c1ccc(NC2CC=CCC2)nc1. The molecule has 0 fully saturated rings. The van der Waals surface area contributed by atoms with Crippen molar-refractivity contribution in [1.82, 2.24) is 9.88 Å². The second-order valence-corrected chi connectivity index (χ2v) is 4.76. The lowest BCUT2D eigenvalue weighted by atomic mass is 10.0. The van der Waals surface area contributed by atoms with E-state index >= 15 is 0 Å². The highest BCUT2D eigenvalue weighted by Gasteiger charge is 2.11. The van der Waals surface area contributed by atoms with Gasteiger partial charge in [-0.25, -0.2) is 4.98 Å². The molecule has 1 aliphatic rings. The number of rotatable bonds is 3. The smallest absolute Gasteiger partial charge is 0.254 e. The van der Waals surface area contributed by atoms with E-state index in [-0.39, 0.29) is 5.91 Å². The summed E-state index contributed by atoms with van der Waals surface area (Å²) >= 11 is 0. The van der Waals surface area contributed by atoms with Gasteiger partial charge >= 0.3 is 0 Å². The van der Waals surface area contributed by atoms with Crippen LogP contribution in [-0.2, 0) is 0 Å². The maximum absolute atomic E-state index is 11.7. The molecule has 0 aliphatic heterocycles. The minimum absolute atomic E-state index is 0.0188. The van der Waals surface area contributed by atoms with Crippen molar-refractivity contribution < 1.29 is 4.79 Å². The Morgan fingerprint density at radius 2 is 2.22 bits per heavy atom. The van der Waals surface area contributed by atoms with E-state index in [0.717, 1.165) is 25.1 Å². The normalized spacial score (nSPS) is 18.4. The molecule has 2 rings (SSSR count). The Hall–Kier alpha value is -1.84. The summed E-state index contributed by atoms with van der Waals surface area (Å²) in [5, 5.41) is 3.39. The van der Waals surface area contributed by atoms with Crippen LogP contribution in [0.15, 0.2) is 30.5 Å². The first-order chi connectivity index (χ1) is 8.66. The number of carbonyl (C=O) groups excluding carboxylic acids is 1. The third-order valence-electron chi connectivity index (χ3n) is 3.04. The Morgan fingerprint density at radius 3 is 2.78 bits per heavy atom. The molecule has 4 nitrogen and oxygen atoms in total. The number of hydrogen-bond acceptors (Lipinski definition) is 3. The van der Waals surface area contributed by atoms with E-state index in [1.165, 1.54) is 0 Å². The average Bonchev–Trinajstić information content (AvgIpc) is 2.40. The Morgan fingerprint density at radius 1 is 1.39 bits per heavy atom. The van der Waals surface area contributed by atoms with Gasteiger partial charge in [-0.2, -0.15) is 0 Å². The zero-order chi connectivity index (χ0) is 13.0. The van der Waals surface area contributed by atoms with Gasteiger partial charge in [0.2, 0.25) is 0 Å². The van der Waals surface area contributed by atoms with E-state index < -0.39 is 0 Å². The fraction of sp³-hybridized carbons (Fsp3) is 0.429. The molecule has 1 aromatic heterocycles. The van der Waals surface area contributed by atoms with Crippen molar-refractivity contribution in [2.75, 3.05) is 19.4 Å². The van der Waals surface area contributed by atoms with Gasteiger partial charge in [-0.15, -0.1) is 0 Å². The van der Waals surface area contributed by atoms with E-state index in [2.05, 4.69) is 22.5 Å². The Balaban J connectivity index is 1.99. The number of nitrogens with zero attached hydrogens (tertiary/aromatic N) is 2. The van der Waals surface area contributed by atoms with Crippen LogP contribution in [0.2, 0.25) is 0 Å². The van der Waals surface area contributed by atoms with Crippen molar-refractivity contribution in [2.45, 2.75) is 25.3 Å². The monoisotopic (exact) mass is 245 g/mol. The van der Waals surface area contributed by atoms with Gasteiger partial charge in [-0.3, -0.25) is 4.79 Å². The summed E-state index contributed by atoms with van der Waals surface area (Å²) in [7, 11) is 3.48. The van der Waals surface area contributed by atoms with Gasteiger partial charge in [0, 0.05) is 26.3 Å². The van der Waals surface area contributed by atoms with Crippen molar-refractivity contribution in [3.05, 3.63) is 36.0 Å². The minimum atomic E-state index is -0.0188. The average molecular weight is 245 g/mol. The first-order valence-corrected chi connectivity index (χ1v) is 6.26. The molecule has 1 N–H and O–H groups in total. The van der Waals surface area contributed by atoms with Crippen molar-refractivity contribution >= 4 is 11.7 Å². The fourth-order valence-corrected chi connectivity index (χ4v) is 2.00. The number of pyridine rings is 1. The number of amides is 1. The van der Waals surface area contributed by atoms with E-state index in [1.807, 2.05) is 12.1 Å². The van der Waals surface area contributed by atoms with E-state index in [9.17, 15) is 4.79 Å². The molecule has 4 heteroatoms. The first-order valence-electron chi connectivity index (χ1n) is 6.26. The maximum Gasteiger partial charge on any atom is 0.254 e. The molecule has 1 unspecified atom stereocenters. The number of carbonyl (C=O) groups is 1. The number of nitrogens with one attached hydrogen (secondary N) is 1. The lowest BCUT2D eigenvalue weighted by molar-refractivity contribution is 0.0827. The second kappa shape index (κ2) is 5.67. The Kier molecular flexibility index (Phi) is 3.97. The van der Waals surface area contributed by atoms with Crippen LogP contribution in [0.5, 0.6) is 0 Å². The van der Waals surface area contributed by atoms with Gasteiger partial charge in [0.05, 0.1) is 5.56 Å². The van der Waals surface area contributed by atoms with Gasteiger partial charge in [0.1, 0.15) is 5.82 Å². The summed E-state index contributed by atoms with van der Waals surface area (Å²) in [4.78, 5) is 17.5. The quantitative estimate of drug-likeness (QED) is 0.831. The summed E-state index contributed by atoms with van der Waals surface area (Å²) in [6, 6.07) is 4.14. The first kappa shape index (κ1) is 12.6. The van der Waals surface area contributed by atoms with Crippen LogP contribution in [0.25, 0.3) is 0 Å². The standard InChI is InChI=1S/C14H19N3O/c1-17(2)14(18)11-8-9-13(15-10-11)16-12-6-4-3-5-7-12/h3-4,8-10,12H,5-7H2,1-2H3,(H,15,16). The predicted molar refractivity (Wildman–Crippen MR) is 72.7 cm³/mol. The van der Waals surface area contributed by atoms with Crippen LogP contribution < -0.4 is 5.32 Å². The zero-order valence-corrected chi connectivity index (χ0v) is 10.9. The van der Waals surface area contributed by atoms with E-state index in [0.29, 0.717) is 11.6 Å². The molecule has 0 bridgehead atoms. The lowest BCUT2D eigenvalue weighted by Crippen LogP contribution is -2.23. The number of aromatic nitrogens is 1. The molecule has 0 spiro atoms. The molecular weight excluding hydrogens is 226 g/mol. The molecular formula is C14H19N3O. The van der Waals surface area contributed by atoms with Gasteiger partial charge in [-0.1, -0.05) is 12.2 Å². The predicted octanol–water partition coefficient (Wildman–Crippen LogP) is 2.30. The lowest BCUT2D eigenvalue weighted by Gasteiger charge is -2.20. The molecule has 0 saturated heterocycles. The Bertz CT molecular complexity index is 437. The van der Waals surface area contributed by atoms with Gasteiger partial charge in [0.25, 0.3) is 5.91 Å². The highest BCUT2D eigenvalue weighted by Crippen LogP contribution is 2.16. The van der Waals surface area contributed by atoms with E-state index in [4.69, 9.17) is 0 Å². The van der Waals surface area contributed by atoms with Crippen molar-refractivity contribution in [3.63, 3.8) is 0 Å². The minimum Gasteiger partial charge on any atom is -0.367 e. The van der Waals surface area contributed by atoms with Crippen LogP contribution in [-0.4, -0.2) is 35.9 Å². The van der Waals surface area contributed by atoms with Crippen LogP contribution in [0, 0.1) is 0 Å². The fourth-order valence-electron chi connectivity index (χ4n) is 2.00. The number of anilines is 1. The van der Waals surface area contributed by atoms with Crippen molar-refractivity contribution in [1.29, 1.82) is 0 Å².